The van der Waals surface area contributed by atoms with Gasteiger partial charge in [-0.3, -0.25) is 4.90 Å². The van der Waals surface area contributed by atoms with Gasteiger partial charge in [-0.25, -0.2) is 9.59 Å². The van der Waals surface area contributed by atoms with Crippen molar-refractivity contribution >= 4 is 12.1 Å². The minimum absolute atomic E-state index is 0.104. The first-order valence-electron chi connectivity index (χ1n) is 13.7. The number of unbranched alkanes of at least 4 members (excludes halogenated alkanes) is 15. The zero-order chi connectivity index (χ0) is 25.0. The van der Waals surface area contributed by atoms with E-state index in [0.717, 1.165) is 12.8 Å². The number of esters is 1. The van der Waals surface area contributed by atoms with E-state index in [0.29, 0.717) is 13.2 Å². The zero-order valence-electron chi connectivity index (χ0n) is 22.9. The van der Waals surface area contributed by atoms with Crippen LogP contribution in [0.5, 0.6) is 0 Å². The van der Waals surface area contributed by atoms with Crippen LogP contribution in [0.2, 0.25) is 0 Å². The van der Waals surface area contributed by atoms with E-state index >= 15 is 0 Å². The second kappa shape index (κ2) is 20.1. The van der Waals surface area contributed by atoms with Gasteiger partial charge in [-0.1, -0.05) is 124 Å². The largest absolute Gasteiger partial charge is 0.464 e. The van der Waals surface area contributed by atoms with Gasteiger partial charge >= 0.3 is 12.1 Å². The van der Waals surface area contributed by atoms with Crippen LogP contribution in [-0.4, -0.2) is 43.3 Å². The fraction of sp³-hybridized carbons (Fsp3) is 0.929. The Bertz CT molecular complexity index is 487. The average Bonchev–Trinajstić information content (AvgIpc) is 2.77. The summed E-state index contributed by atoms with van der Waals surface area (Å²) >= 11 is 0. The van der Waals surface area contributed by atoms with Crippen molar-refractivity contribution in [3.8, 4) is 0 Å². The Morgan fingerprint density at radius 2 is 1.09 bits per heavy atom. The maximum Gasteiger partial charge on any atom is 0.410 e. The van der Waals surface area contributed by atoms with Crippen LogP contribution in [0.25, 0.3) is 0 Å². The molecule has 33 heavy (non-hydrogen) atoms. The Labute approximate surface area is 205 Å². The van der Waals surface area contributed by atoms with Crippen molar-refractivity contribution in [1.29, 1.82) is 0 Å². The summed E-state index contributed by atoms with van der Waals surface area (Å²) in [6.07, 6.45) is 20.6. The van der Waals surface area contributed by atoms with Crippen molar-refractivity contribution < 1.29 is 19.1 Å². The number of ether oxygens (including phenoxy) is 2. The highest BCUT2D eigenvalue weighted by Crippen LogP contribution is 2.15. The summed E-state index contributed by atoms with van der Waals surface area (Å²) in [5.74, 6) is -0.369. The van der Waals surface area contributed by atoms with E-state index in [1.165, 1.54) is 94.8 Å². The van der Waals surface area contributed by atoms with Gasteiger partial charge in [0.05, 0.1) is 13.2 Å². The molecule has 0 fully saturated rings. The molecule has 196 valence electrons. The molecule has 0 N–H and O–H groups in total. The minimum atomic E-state index is -0.640. The zero-order valence-corrected chi connectivity index (χ0v) is 22.9. The molecule has 5 heteroatoms. The summed E-state index contributed by atoms with van der Waals surface area (Å²) in [6.45, 7) is 10.7. The Hall–Kier alpha value is -1.26. The van der Waals surface area contributed by atoms with Gasteiger partial charge in [-0.2, -0.15) is 0 Å². The Kier molecular flexibility index (Phi) is 19.4. The predicted molar refractivity (Wildman–Crippen MR) is 139 cm³/mol. The van der Waals surface area contributed by atoms with E-state index in [-0.39, 0.29) is 11.4 Å². The van der Waals surface area contributed by atoms with Gasteiger partial charge in [-0.05, 0) is 18.8 Å². The third-order valence-electron chi connectivity index (χ3n) is 6.08. The normalized spacial score (nSPS) is 12.4. The van der Waals surface area contributed by atoms with Crippen molar-refractivity contribution in [3.63, 3.8) is 0 Å². The van der Waals surface area contributed by atoms with Gasteiger partial charge in [0.15, 0.2) is 0 Å². The van der Waals surface area contributed by atoms with E-state index in [9.17, 15) is 9.59 Å². The molecule has 0 aromatic rings. The molecule has 1 amide bonds. The number of carbonyl (C=O) groups is 2. The Morgan fingerprint density at radius 1 is 0.697 bits per heavy atom. The summed E-state index contributed by atoms with van der Waals surface area (Å²) in [7, 11) is 1.57. The molecule has 0 aliphatic carbocycles. The number of carbonyl (C=O) groups excluding carboxylic acids is 2. The Morgan fingerprint density at radius 3 is 1.48 bits per heavy atom. The van der Waals surface area contributed by atoms with Crippen LogP contribution in [0.3, 0.4) is 0 Å². The van der Waals surface area contributed by atoms with E-state index in [2.05, 4.69) is 6.92 Å². The quantitative estimate of drug-likeness (QED) is 0.133. The van der Waals surface area contributed by atoms with Crippen LogP contribution in [0.4, 0.5) is 4.79 Å². The molecule has 1 atom stereocenters. The maximum atomic E-state index is 12.2. The number of amides is 1. The first kappa shape index (κ1) is 31.7. The summed E-state index contributed by atoms with van der Waals surface area (Å²) < 4.78 is 10.6. The minimum Gasteiger partial charge on any atom is -0.464 e. The van der Waals surface area contributed by atoms with Crippen LogP contribution in [0.15, 0.2) is 0 Å². The molecule has 0 aromatic carbocycles. The van der Waals surface area contributed by atoms with Crippen LogP contribution < -0.4 is 0 Å². The van der Waals surface area contributed by atoms with Crippen molar-refractivity contribution in [3.05, 3.63) is 0 Å². The molecular formula is C28H55NO4. The molecule has 0 spiro atoms. The van der Waals surface area contributed by atoms with Crippen molar-refractivity contribution in [1.82, 2.24) is 4.90 Å². The van der Waals surface area contributed by atoms with E-state index in [1.807, 2.05) is 20.8 Å². The lowest BCUT2D eigenvalue weighted by Crippen LogP contribution is -2.42. The van der Waals surface area contributed by atoms with Gasteiger partial charge in [0.25, 0.3) is 0 Å². The monoisotopic (exact) mass is 469 g/mol. The third kappa shape index (κ3) is 19.9. The predicted octanol–water partition coefficient (Wildman–Crippen LogP) is 8.29. The molecule has 0 radical (unpaired) electrons. The highest BCUT2D eigenvalue weighted by Gasteiger charge is 2.26. The summed E-state index contributed by atoms with van der Waals surface area (Å²) in [5.41, 5.74) is -0.104. The molecule has 5 nitrogen and oxygen atoms in total. The highest BCUT2D eigenvalue weighted by molar-refractivity contribution is 5.80. The number of likely N-dealkylation sites (N-methyl/N-ethyl adjacent to an activating group) is 1. The summed E-state index contributed by atoms with van der Waals surface area (Å²) in [5, 5.41) is 0. The molecule has 0 heterocycles. The van der Waals surface area contributed by atoms with Gasteiger partial charge in [0, 0.05) is 7.05 Å². The van der Waals surface area contributed by atoms with Crippen molar-refractivity contribution in [2.45, 2.75) is 143 Å². The number of rotatable bonds is 20. The van der Waals surface area contributed by atoms with E-state index in [4.69, 9.17) is 9.47 Å². The van der Waals surface area contributed by atoms with Crippen LogP contribution in [0, 0.1) is 5.41 Å². The second-order valence-electron chi connectivity index (χ2n) is 10.9. The van der Waals surface area contributed by atoms with Crippen molar-refractivity contribution in [2.24, 2.45) is 5.41 Å². The summed E-state index contributed by atoms with van der Waals surface area (Å²) in [4.78, 5) is 25.6. The van der Waals surface area contributed by atoms with Gasteiger partial charge in [0.2, 0.25) is 0 Å². The molecule has 0 bridgehead atoms. The van der Waals surface area contributed by atoms with Crippen LogP contribution in [0.1, 0.15) is 137 Å². The molecule has 0 aliphatic rings. The number of hydrogen-bond acceptors (Lipinski definition) is 4. The first-order valence-corrected chi connectivity index (χ1v) is 13.7. The first-order chi connectivity index (χ1) is 15.7. The molecule has 0 aromatic heterocycles. The third-order valence-corrected chi connectivity index (χ3v) is 6.08. The molecule has 0 saturated carbocycles. The maximum absolute atomic E-state index is 12.2. The molecular weight excluding hydrogens is 414 g/mol. The fourth-order valence-electron chi connectivity index (χ4n) is 3.64. The van der Waals surface area contributed by atoms with E-state index < -0.39 is 12.1 Å². The molecule has 0 saturated heterocycles. The van der Waals surface area contributed by atoms with Gasteiger partial charge < -0.3 is 9.47 Å². The van der Waals surface area contributed by atoms with E-state index in [1.54, 1.807) is 14.0 Å². The molecule has 0 rings (SSSR count). The molecule has 0 aliphatic heterocycles. The topological polar surface area (TPSA) is 55.8 Å². The lowest BCUT2D eigenvalue weighted by Gasteiger charge is -2.25. The average molecular weight is 470 g/mol. The van der Waals surface area contributed by atoms with Gasteiger partial charge in [0.1, 0.15) is 6.04 Å². The molecule has 1 unspecified atom stereocenters. The standard InChI is InChI=1S/C28H55NO4/c1-7-8-9-10-11-12-13-14-15-16-17-18-19-20-21-22-23-32-26(30)25(2)29(6)27(31)33-24-28(3,4)5/h25H,7-24H2,1-6H3. The number of nitrogens with zero attached hydrogens (tertiary/aromatic N) is 1. The SMILES string of the molecule is CCCCCCCCCCCCCCCCCCOC(=O)C(C)N(C)C(=O)OCC(C)(C)C. The Balaban J connectivity index is 3.53. The second-order valence-corrected chi connectivity index (χ2v) is 10.9. The lowest BCUT2D eigenvalue weighted by molar-refractivity contribution is -0.148. The van der Waals surface area contributed by atoms with Gasteiger partial charge in [-0.15, -0.1) is 0 Å². The number of hydrogen-bond donors (Lipinski definition) is 0. The fourth-order valence-corrected chi connectivity index (χ4v) is 3.64. The summed E-state index contributed by atoms with van der Waals surface area (Å²) in [6, 6.07) is -0.640. The highest BCUT2D eigenvalue weighted by atomic mass is 16.6. The lowest BCUT2D eigenvalue weighted by atomic mass is 9.99. The van der Waals surface area contributed by atoms with Crippen LogP contribution in [-0.2, 0) is 14.3 Å². The smallest absolute Gasteiger partial charge is 0.410 e. The van der Waals surface area contributed by atoms with Crippen LogP contribution >= 0.6 is 0 Å². The van der Waals surface area contributed by atoms with Crippen molar-refractivity contribution in [2.75, 3.05) is 20.3 Å².